The zero-order chi connectivity index (χ0) is 15.1. The molecule has 21 heavy (non-hydrogen) atoms. The number of benzene rings is 2. The monoisotopic (exact) mass is 291 g/mol. The largest absolute Gasteiger partial charge is 0.492 e. The molecule has 0 spiro atoms. The number of hydrogen-bond donors (Lipinski definition) is 1. The molecule has 0 aliphatic heterocycles. The van der Waals surface area contributed by atoms with Crippen molar-refractivity contribution in [1.82, 2.24) is 5.32 Å². The summed E-state index contributed by atoms with van der Waals surface area (Å²) in [5.74, 6) is -0.320. The summed E-state index contributed by atoms with van der Waals surface area (Å²) in [5.41, 5.74) is 0.620. The molecule has 0 bridgehead atoms. The molecule has 0 amide bonds. The van der Waals surface area contributed by atoms with Crippen LogP contribution in [0.4, 0.5) is 8.78 Å². The molecule has 2 aromatic rings. The molecule has 1 atom stereocenters. The van der Waals surface area contributed by atoms with E-state index in [0.717, 1.165) is 18.4 Å². The summed E-state index contributed by atoms with van der Waals surface area (Å²) in [7, 11) is 0. The van der Waals surface area contributed by atoms with E-state index in [1.165, 1.54) is 12.1 Å². The highest BCUT2D eigenvalue weighted by molar-refractivity contribution is 5.22. The lowest BCUT2D eigenvalue weighted by Gasteiger charge is -2.19. The van der Waals surface area contributed by atoms with E-state index in [0.29, 0.717) is 18.6 Å². The molecule has 0 aromatic heterocycles. The van der Waals surface area contributed by atoms with Gasteiger partial charge < -0.3 is 10.1 Å². The molecule has 0 heterocycles. The first kappa shape index (κ1) is 15.4. The van der Waals surface area contributed by atoms with Gasteiger partial charge in [0.1, 0.15) is 24.0 Å². The topological polar surface area (TPSA) is 21.3 Å². The van der Waals surface area contributed by atoms with Crippen LogP contribution < -0.4 is 10.1 Å². The van der Waals surface area contributed by atoms with Gasteiger partial charge in [0, 0.05) is 12.1 Å². The van der Waals surface area contributed by atoms with Crippen LogP contribution in [0.3, 0.4) is 0 Å². The van der Waals surface area contributed by atoms with Crippen LogP contribution in [-0.4, -0.2) is 19.2 Å². The fourth-order valence-corrected chi connectivity index (χ4v) is 2.21. The molecule has 0 aliphatic rings. The lowest BCUT2D eigenvalue weighted by atomic mass is 10.1. The second-order valence-corrected chi connectivity index (χ2v) is 4.86. The van der Waals surface area contributed by atoms with Crippen LogP contribution in [0, 0.1) is 11.6 Å². The Morgan fingerprint density at radius 3 is 2.33 bits per heavy atom. The van der Waals surface area contributed by atoms with Gasteiger partial charge in [-0.3, -0.25) is 0 Å². The van der Waals surface area contributed by atoms with E-state index in [9.17, 15) is 8.78 Å². The van der Waals surface area contributed by atoms with E-state index >= 15 is 0 Å². The fourth-order valence-electron chi connectivity index (χ4n) is 2.21. The number of likely N-dealkylation sites (N-methyl/N-ethyl adjacent to an activating group) is 1. The Morgan fingerprint density at radius 2 is 1.71 bits per heavy atom. The molecular weight excluding hydrogens is 272 g/mol. The summed E-state index contributed by atoms with van der Waals surface area (Å²) in [6, 6.07) is 13.1. The van der Waals surface area contributed by atoms with Gasteiger partial charge in [-0.1, -0.05) is 25.1 Å². The predicted octanol–water partition coefficient (Wildman–Crippen LogP) is 3.56. The minimum atomic E-state index is -0.552. The Bertz CT molecular complexity index is 540. The van der Waals surface area contributed by atoms with Crippen molar-refractivity contribution >= 4 is 0 Å². The van der Waals surface area contributed by atoms with Crippen LogP contribution >= 0.6 is 0 Å². The zero-order valence-electron chi connectivity index (χ0n) is 12.0. The molecule has 2 rings (SSSR count). The van der Waals surface area contributed by atoms with Crippen LogP contribution in [0.5, 0.6) is 5.75 Å². The summed E-state index contributed by atoms with van der Waals surface area (Å²) in [4.78, 5) is 0. The molecule has 0 aliphatic carbocycles. The lowest BCUT2D eigenvalue weighted by molar-refractivity contribution is 0.264. The number of nitrogens with one attached hydrogen (secondary N) is 1. The minimum Gasteiger partial charge on any atom is -0.492 e. The molecule has 0 radical (unpaired) electrons. The summed E-state index contributed by atoms with van der Waals surface area (Å²) >= 11 is 0. The Balaban J connectivity index is 1.98. The van der Waals surface area contributed by atoms with E-state index in [1.54, 1.807) is 0 Å². The standard InChI is InChI=1S/C17H19F2NO/c1-2-20-16(12-21-17-6-4-3-5-7-17)10-13-8-14(18)11-15(19)9-13/h3-9,11,16,20H,2,10,12H2,1H3. The normalized spacial score (nSPS) is 12.1. The van der Waals surface area contributed by atoms with Crippen molar-refractivity contribution in [1.29, 1.82) is 0 Å². The summed E-state index contributed by atoms with van der Waals surface area (Å²) < 4.78 is 32.2. The van der Waals surface area contributed by atoms with Crippen LogP contribution in [0.25, 0.3) is 0 Å². The van der Waals surface area contributed by atoms with Crippen LogP contribution in [-0.2, 0) is 6.42 Å². The third kappa shape index (κ3) is 5.16. The van der Waals surface area contributed by atoms with E-state index in [2.05, 4.69) is 5.32 Å². The van der Waals surface area contributed by atoms with Gasteiger partial charge in [0.2, 0.25) is 0 Å². The summed E-state index contributed by atoms with van der Waals surface area (Å²) in [6.45, 7) is 3.19. The SMILES string of the molecule is CCNC(COc1ccccc1)Cc1cc(F)cc(F)c1. The number of halogens is 2. The Morgan fingerprint density at radius 1 is 1.05 bits per heavy atom. The van der Waals surface area contributed by atoms with E-state index in [4.69, 9.17) is 4.74 Å². The fraction of sp³-hybridized carbons (Fsp3) is 0.294. The third-order valence-corrected chi connectivity index (χ3v) is 3.09. The smallest absolute Gasteiger partial charge is 0.126 e. The van der Waals surface area contributed by atoms with Gasteiger partial charge in [0.15, 0.2) is 0 Å². The first-order valence-electron chi connectivity index (χ1n) is 7.03. The maximum atomic E-state index is 13.2. The Hall–Kier alpha value is -1.94. The molecule has 0 fully saturated rings. The van der Waals surface area contributed by atoms with Gasteiger partial charge in [-0.15, -0.1) is 0 Å². The average Bonchev–Trinajstić information content (AvgIpc) is 2.45. The van der Waals surface area contributed by atoms with E-state index in [-0.39, 0.29) is 6.04 Å². The first-order chi connectivity index (χ1) is 10.2. The van der Waals surface area contributed by atoms with Crippen LogP contribution in [0.1, 0.15) is 12.5 Å². The second-order valence-electron chi connectivity index (χ2n) is 4.86. The number of ether oxygens (including phenoxy) is 1. The molecular formula is C17H19F2NO. The van der Waals surface area contributed by atoms with Crippen molar-refractivity contribution < 1.29 is 13.5 Å². The highest BCUT2D eigenvalue weighted by Crippen LogP contribution is 2.12. The Labute approximate surface area is 123 Å². The van der Waals surface area contributed by atoms with Crippen molar-refractivity contribution in [2.45, 2.75) is 19.4 Å². The van der Waals surface area contributed by atoms with E-state index in [1.807, 2.05) is 37.3 Å². The van der Waals surface area contributed by atoms with Crippen molar-refractivity contribution in [3.63, 3.8) is 0 Å². The van der Waals surface area contributed by atoms with Crippen molar-refractivity contribution in [2.75, 3.05) is 13.2 Å². The first-order valence-corrected chi connectivity index (χ1v) is 7.03. The van der Waals surface area contributed by atoms with Crippen molar-refractivity contribution in [3.05, 3.63) is 65.7 Å². The molecule has 1 N–H and O–H groups in total. The number of para-hydroxylation sites is 1. The van der Waals surface area contributed by atoms with Crippen LogP contribution in [0.15, 0.2) is 48.5 Å². The second kappa shape index (κ2) is 7.74. The van der Waals surface area contributed by atoms with Crippen molar-refractivity contribution in [3.8, 4) is 5.75 Å². The summed E-state index contributed by atoms with van der Waals surface area (Å²) in [6.07, 6.45) is 0.509. The van der Waals surface area contributed by atoms with Gasteiger partial charge >= 0.3 is 0 Å². The highest BCUT2D eigenvalue weighted by atomic mass is 19.1. The van der Waals surface area contributed by atoms with Gasteiger partial charge in [-0.25, -0.2) is 8.78 Å². The average molecular weight is 291 g/mol. The van der Waals surface area contributed by atoms with Gasteiger partial charge in [-0.2, -0.15) is 0 Å². The molecule has 1 unspecified atom stereocenters. The zero-order valence-corrected chi connectivity index (χ0v) is 12.0. The third-order valence-electron chi connectivity index (χ3n) is 3.09. The molecule has 112 valence electrons. The maximum Gasteiger partial charge on any atom is 0.126 e. The molecule has 4 heteroatoms. The molecule has 0 saturated carbocycles. The van der Waals surface area contributed by atoms with Crippen molar-refractivity contribution in [2.24, 2.45) is 0 Å². The van der Waals surface area contributed by atoms with Gasteiger partial charge in [-0.05, 0) is 42.8 Å². The van der Waals surface area contributed by atoms with Crippen LogP contribution in [0.2, 0.25) is 0 Å². The molecule has 2 aromatic carbocycles. The lowest BCUT2D eigenvalue weighted by Crippen LogP contribution is -2.36. The Kier molecular flexibility index (Phi) is 5.69. The van der Waals surface area contributed by atoms with Gasteiger partial charge in [0.25, 0.3) is 0 Å². The number of rotatable bonds is 7. The van der Waals surface area contributed by atoms with Gasteiger partial charge in [0.05, 0.1) is 0 Å². The minimum absolute atomic E-state index is 0.00333. The molecule has 0 saturated heterocycles. The maximum absolute atomic E-state index is 13.2. The van der Waals surface area contributed by atoms with E-state index < -0.39 is 11.6 Å². The quantitative estimate of drug-likeness (QED) is 0.842. The summed E-state index contributed by atoms with van der Waals surface area (Å²) in [5, 5.41) is 3.27. The molecule has 2 nitrogen and oxygen atoms in total. The predicted molar refractivity (Wildman–Crippen MR) is 79.5 cm³/mol. The number of hydrogen-bond acceptors (Lipinski definition) is 2. The highest BCUT2D eigenvalue weighted by Gasteiger charge is 2.11.